The second-order valence-electron chi connectivity index (χ2n) is 6.52. The molecular formula is C18H28FIN4O2. The summed E-state index contributed by atoms with van der Waals surface area (Å²) in [5, 5.41) is 3.32. The minimum atomic E-state index is -0.261. The summed E-state index contributed by atoms with van der Waals surface area (Å²) in [7, 11) is 5.29. The van der Waals surface area contributed by atoms with Crippen molar-refractivity contribution < 1.29 is 13.9 Å². The lowest BCUT2D eigenvalue weighted by Gasteiger charge is -2.24. The minimum Gasteiger partial charge on any atom is -0.381 e. The normalized spacial score (nSPS) is 16.8. The predicted molar refractivity (Wildman–Crippen MR) is 111 cm³/mol. The van der Waals surface area contributed by atoms with Gasteiger partial charge in [-0.05, 0) is 24.1 Å². The molecule has 8 heteroatoms. The van der Waals surface area contributed by atoms with Crippen LogP contribution >= 0.6 is 24.0 Å². The maximum Gasteiger partial charge on any atom is 0.243 e. The molecule has 0 saturated carbocycles. The first-order valence-corrected chi connectivity index (χ1v) is 8.47. The molecule has 26 heavy (non-hydrogen) atoms. The van der Waals surface area contributed by atoms with Crippen molar-refractivity contribution in [1.82, 2.24) is 15.1 Å². The standard InChI is InChI=1S/C18H27FN4O2.HI/c1-22(2)17(24)11-21-18(20-10-15-7-8-25-13-15)23(3)12-14-5-4-6-16(19)9-14;/h4-6,9,15H,7-8,10-13H2,1-3H3,(H,20,21);1H. The van der Waals surface area contributed by atoms with Crippen LogP contribution in [0, 0.1) is 11.7 Å². The third-order valence-electron chi connectivity index (χ3n) is 4.11. The van der Waals surface area contributed by atoms with Gasteiger partial charge in [0.15, 0.2) is 5.96 Å². The fourth-order valence-corrected chi connectivity index (χ4v) is 2.56. The van der Waals surface area contributed by atoms with Crippen LogP contribution in [-0.2, 0) is 16.1 Å². The summed E-state index contributed by atoms with van der Waals surface area (Å²) in [6.07, 6.45) is 1.02. The number of likely N-dealkylation sites (N-methyl/N-ethyl adjacent to an activating group) is 1. The van der Waals surface area contributed by atoms with Gasteiger partial charge in [0.25, 0.3) is 0 Å². The van der Waals surface area contributed by atoms with Gasteiger partial charge in [-0.25, -0.2) is 9.38 Å². The Bertz CT molecular complexity index is 607. The molecule has 2 rings (SSSR count). The van der Waals surface area contributed by atoms with E-state index in [0.29, 0.717) is 18.4 Å². The first-order chi connectivity index (χ1) is 12.0. The molecule has 1 aromatic rings. The Labute approximate surface area is 171 Å². The van der Waals surface area contributed by atoms with E-state index in [1.54, 1.807) is 20.2 Å². The molecule has 1 unspecified atom stereocenters. The van der Waals surface area contributed by atoms with Gasteiger partial charge in [-0.2, -0.15) is 0 Å². The number of nitrogens with one attached hydrogen (secondary N) is 1. The fourth-order valence-electron chi connectivity index (χ4n) is 2.56. The van der Waals surface area contributed by atoms with Gasteiger partial charge < -0.3 is 19.9 Å². The van der Waals surface area contributed by atoms with Gasteiger partial charge in [-0.15, -0.1) is 24.0 Å². The van der Waals surface area contributed by atoms with Crippen LogP contribution in [0.4, 0.5) is 4.39 Å². The van der Waals surface area contributed by atoms with E-state index in [1.807, 2.05) is 18.0 Å². The molecule has 6 nitrogen and oxygen atoms in total. The number of carbonyl (C=O) groups is 1. The van der Waals surface area contributed by atoms with Crippen LogP contribution in [0.3, 0.4) is 0 Å². The van der Waals surface area contributed by atoms with Crippen LogP contribution in [0.5, 0.6) is 0 Å². The van der Waals surface area contributed by atoms with Gasteiger partial charge in [0.05, 0.1) is 6.61 Å². The second-order valence-corrected chi connectivity index (χ2v) is 6.52. The van der Waals surface area contributed by atoms with Gasteiger partial charge in [-0.1, -0.05) is 12.1 Å². The molecule has 146 valence electrons. The van der Waals surface area contributed by atoms with Gasteiger partial charge in [-0.3, -0.25) is 4.79 Å². The van der Waals surface area contributed by atoms with Crippen molar-refractivity contribution in [2.45, 2.75) is 13.0 Å². The molecule has 1 fully saturated rings. The molecule has 1 aliphatic heterocycles. The minimum absolute atomic E-state index is 0. The largest absolute Gasteiger partial charge is 0.381 e. The maximum absolute atomic E-state index is 13.4. The molecule has 0 radical (unpaired) electrons. The Balaban J connectivity index is 0.00000338. The highest BCUT2D eigenvalue weighted by molar-refractivity contribution is 14.0. The molecule has 1 heterocycles. The monoisotopic (exact) mass is 478 g/mol. The fraction of sp³-hybridized carbons (Fsp3) is 0.556. The molecule has 1 atom stereocenters. The number of nitrogens with zero attached hydrogens (tertiary/aromatic N) is 3. The van der Waals surface area contributed by atoms with Crippen LogP contribution in [0.25, 0.3) is 0 Å². The quantitative estimate of drug-likeness (QED) is 0.386. The zero-order valence-corrected chi connectivity index (χ0v) is 17.9. The molecule has 0 aromatic heterocycles. The van der Waals surface area contributed by atoms with Crippen molar-refractivity contribution in [3.63, 3.8) is 0 Å². The van der Waals surface area contributed by atoms with Crippen molar-refractivity contribution >= 4 is 35.8 Å². The Morgan fingerprint density at radius 3 is 2.77 bits per heavy atom. The van der Waals surface area contributed by atoms with Crippen molar-refractivity contribution in [2.24, 2.45) is 10.9 Å². The smallest absolute Gasteiger partial charge is 0.243 e. The van der Waals surface area contributed by atoms with E-state index in [-0.39, 0.29) is 42.2 Å². The SMILES string of the molecule is CN(C)C(=O)CN=C(NCC1CCOC1)N(C)Cc1cccc(F)c1.I. The lowest BCUT2D eigenvalue weighted by atomic mass is 10.1. The van der Waals surface area contributed by atoms with Crippen molar-refractivity contribution in [3.05, 3.63) is 35.6 Å². The Morgan fingerprint density at radius 1 is 1.38 bits per heavy atom. The van der Waals surface area contributed by atoms with Crippen molar-refractivity contribution in [3.8, 4) is 0 Å². The Morgan fingerprint density at radius 2 is 2.15 bits per heavy atom. The summed E-state index contributed by atoms with van der Waals surface area (Å²) in [5.41, 5.74) is 0.847. The summed E-state index contributed by atoms with van der Waals surface area (Å²) in [5.74, 6) is 0.745. The summed E-state index contributed by atoms with van der Waals surface area (Å²) in [6, 6.07) is 6.48. The molecule has 0 bridgehead atoms. The number of ether oxygens (including phenoxy) is 1. The maximum atomic E-state index is 13.4. The van der Waals surface area contributed by atoms with Crippen LogP contribution in [0.15, 0.2) is 29.3 Å². The van der Waals surface area contributed by atoms with Gasteiger partial charge in [0, 0.05) is 46.8 Å². The molecule has 0 spiro atoms. The van der Waals surface area contributed by atoms with E-state index in [4.69, 9.17) is 4.74 Å². The first-order valence-electron chi connectivity index (χ1n) is 8.47. The van der Waals surface area contributed by atoms with Crippen LogP contribution in [0.1, 0.15) is 12.0 Å². The second kappa shape index (κ2) is 11.3. The van der Waals surface area contributed by atoms with E-state index in [9.17, 15) is 9.18 Å². The Hall–Kier alpha value is -1.42. The molecular weight excluding hydrogens is 450 g/mol. The first kappa shape index (κ1) is 22.6. The number of hydrogen-bond donors (Lipinski definition) is 1. The molecule has 0 aliphatic carbocycles. The van der Waals surface area contributed by atoms with Crippen LogP contribution in [0.2, 0.25) is 0 Å². The van der Waals surface area contributed by atoms with E-state index in [1.165, 1.54) is 17.0 Å². The summed E-state index contributed by atoms with van der Waals surface area (Å²) in [4.78, 5) is 19.7. The topological polar surface area (TPSA) is 57.2 Å². The van der Waals surface area contributed by atoms with Gasteiger partial charge in [0.1, 0.15) is 12.4 Å². The highest BCUT2D eigenvalue weighted by atomic mass is 127. The summed E-state index contributed by atoms with van der Waals surface area (Å²) in [6.45, 7) is 2.84. The van der Waals surface area contributed by atoms with Crippen molar-refractivity contribution in [1.29, 1.82) is 0 Å². The number of aliphatic imine (C=N–C) groups is 1. The molecule has 1 aromatic carbocycles. The zero-order chi connectivity index (χ0) is 18.2. The number of guanidine groups is 1. The van der Waals surface area contributed by atoms with E-state index >= 15 is 0 Å². The lowest BCUT2D eigenvalue weighted by Crippen LogP contribution is -2.41. The van der Waals surface area contributed by atoms with E-state index < -0.39 is 0 Å². The van der Waals surface area contributed by atoms with E-state index in [2.05, 4.69) is 10.3 Å². The number of rotatable bonds is 6. The summed E-state index contributed by atoms with van der Waals surface area (Å²) >= 11 is 0. The van der Waals surface area contributed by atoms with Crippen molar-refractivity contribution in [2.75, 3.05) is 47.4 Å². The highest BCUT2D eigenvalue weighted by Gasteiger charge is 2.17. The third kappa shape index (κ3) is 7.45. The highest BCUT2D eigenvalue weighted by Crippen LogP contribution is 2.11. The van der Waals surface area contributed by atoms with Crippen LogP contribution < -0.4 is 5.32 Å². The number of halogens is 2. The van der Waals surface area contributed by atoms with Gasteiger partial charge in [0.2, 0.25) is 5.91 Å². The number of amides is 1. The van der Waals surface area contributed by atoms with Crippen LogP contribution in [-0.4, -0.2) is 69.1 Å². The lowest BCUT2D eigenvalue weighted by molar-refractivity contribution is -0.127. The molecule has 1 aliphatic rings. The molecule has 1 amide bonds. The summed E-state index contributed by atoms with van der Waals surface area (Å²) < 4.78 is 18.8. The predicted octanol–water partition coefficient (Wildman–Crippen LogP) is 1.95. The number of benzene rings is 1. The number of hydrogen-bond acceptors (Lipinski definition) is 3. The third-order valence-corrected chi connectivity index (χ3v) is 4.11. The molecule has 1 saturated heterocycles. The number of carbonyl (C=O) groups excluding carboxylic acids is 1. The Kier molecular flexibility index (Phi) is 9.85. The average Bonchev–Trinajstić information content (AvgIpc) is 3.07. The average molecular weight is 478 g/mol. The van der Waals surface area contributed by atoms with E-state index in [0.717, 1.165) is 31.7 Å². The van der Waals surface area contributed by atoms with Gasteiger partial charge >= 0.3 is 0 Å². The zero-order valence-electron chi connectivity index (χ0n) is 15.6. The molecule has 1 N–H and O–H groups in total.